The predicted octanol–water partition coefficient (Wildman–Crippen LogP) is -2.32. The maximum atomic E-state index is 11.5. The molecule has 1 saturated heterocycles. The van der Waals surface area contributed by atoms with Crippen LogP contribution in [-0.4, -0.2) is 55.8 Å². The van der Waals surface area contributed by atoms with Crippen LogP contribution in [0.25, 0.3) is 0 Å². The van der Waals surface area contributed by atoms with Gasteiger partial charge in [0, 0.05) is 26.2 Å². The number of nitrogens with two attached hydrogens (primary N) is 2. The number of amides is 1. The summed E-state index contributed by atoms with van der Waals surface area (Å²) in [6, 6.07) is -0.550. The van der Waals surface area contributed by atoms with Crippen molar-refractivity contribution in [3.05, 3.63) is 0 Å². The normalized spacial score (nSPS) is 21.4. The first kappa shape index (κ1) is 12.4. The van der Waals surface area contributed by atoms with Crippen LogP contribution in [0.4, 0.5) is 0 Å². The topological polar surface area (TPSA) is 110 Å². The third-order valence-electron chi connectivity index (χ3n) is 2.30. The molecule has 1 atom stereocenters. The van der Waals surface area contributed by atoms with Gasteiger partial charge in [-0.1, -0.05) is 0 Å². The van der Waals surface area contributed by atoms with Gasteiger partial charge in [-0.25, -0.2) is 5.14 Å². The summed E-state index contributed by atoms with van der Waals surface area (Å²) < 4.78 is 23.1. The summed E-state index contributed by atoms with van der Waals surface area (Å²) in [6.07, 6.45) is 0. The maximum Gasteiger partial charge on any atom is 0.277 e. The average molecular weight is 236 g/mol. The van der Waals surface area contributed by atoms with Crippen molar-refractivity contribution in [1.82, 2.24) is 9.21 Å². The third-order valence-corrected chi connectivity index (χ3v) is 3.38. The summed E-state index contributed by atoms with van der Waals surface area (Å²) in [5.41, 5.74) is 5.44. The Morgan fingerprint density at radius 2 is 1.73 bits per heavy atom. The molecule has 4 N–H and O–H groups in total. The minimum Gasteiger partial charge on any atom is -0.339 e. The number of rotatable bonds is 2. The van der Waals surface area contributed by atoms with Crippen LogP contribution in [-0.2, 0) is 15.0 Å². The molecule has 0 spiro atoms. The van der Waals surface area contributed by atoms with E-state index in [1.54, 1.807) is 11.8 Å². The molecule has 0 bridgehead atoms. The molecule has 0 saturated carbocycles. The smallest absolute Gasteiger partial charge is 0.277 e. The highest BCUT2D eigenvalue weighted by atomic mass is 32.2. The van der Waals surface area contributed by atoms with Crippen molar-refractivity contribution < 1.29 is 13.2 Å². The summed E-state index contributed by atoms with van der Waals surface area (Å²) in [5, 5.41) is 4.96. The number of carbonyl (C=O) groups is 1. The van der Waals surface area contributed by atoms with Gasteiger partial charge < -0.3 is 10.6 Å². The molecule has 1 aliphatic heterocycles. The van der Waals surface area contributed by atoms with E-state index in [1.165, 1.54) is 0 Å². The minimum atomic E-state index is -3.63. The monoisotopic (exact) mass is 236 g/mol. The molecule has 0 aromatic heterocycles. The molecule has 0 aromatic rings. The summed E-state index contributed by atoms with van der Waals surface area (Å²) in [5.74, 6) is -0.163. The van der Waals surface area contributed by atoms with Gasteiger partial charge in [-0.05, 0) is 6.92 Å². The number of hydrogen-bond donors (Lipinski definition) is 2. The zero-order chi connectivity index (χ0) is 11.6. The molecule has 0 unspecified atom stereocenters. The van der Waals surface area contributed by atoms with Crippen molar-refractivity contribution in [1.29, 1.82) is 0 Å². The Morgan fingerprint density at radius 1 is 1.27 bits per heavy atom. The van der Waals surface area contributed by atoms with E-state index in [2.05, 4.69) is 0 Å². The molecule has 1 aliphatic rings. The Balaban J connectivity index is 2.53. The van der Waals surface area contributed by atoms with Crippen LogP contribution in [0.5, 0.6) is 0 Å². The third kappa shape index (κ3) is 3.13. The van der Waals surface area contributed by atoms with E-state index in [4.69, 9.17) is 10.9 Å². The van der Waals surface area contributed by atoms with Gasteiger partial charge in [0.05, 0.1) is 6.04 Å². The Bertz CT molecular complexity index is 332. The fourth-order valence-electron chi connectivity index (χ4n) is 1.45. The van der Waals surface area contributed by atoms with Crippen molar-refractivity contribution in [2.75, 3.05) is 26.2 Å². The van der Waals surface area contributed by atoms with E-state index in [1.807, 2.05) is 0 Å². The van der Waals surface area contributed by atoms with Crippen LogP contribution < -0.4 is 10.9 Å². The Hall–Kier alpha value is -0.700. The molecule has 1 heterocycles. The van der Waals surface area contributed by atoms with Crippen LogP contribution in [0.2, 0.25) is 0 Å². The van der Waals surface area contributed by atoms with Crippen molar-refractivity contribution in [2.45, 2.75) is 13.0 Å². The summed E-state index contributed by atoms with van der Waals surface area (Å²) in [7, 11) is -3.63. The second kappa shape index (κ2) is 4.44. The van der Waals surface area contributed by atoms with Gasteiger partial charge in [0.2, 0.25) is 5.91 Å². The van der Waals surface area contributed by atoms with Crippen LogP contribution in [0.3, 0.4) is 0 Å². The van der Waals surface area contributed by atoms with Crippen molar-refractivity contribution in [3.8, 4) is 0 Å². The van der Waals surface area contributed by atoms with Crippen LogP contribution in [0, 0.1) is 0 Å². The van der Waals surface area contributed by atoms with Gasteiger partial charge in [0.15, 0.2) is 0 Å². The molecular weight excluding hydrogens is 220 g/mol. The highest BCUT2D eigenvalue weighted by molar-refractivity contribution is 7.86. The van der Waals surface area contributed by atoms with E-state index in [-0.39, 0.29) is 19.0 Å². The van der Waals surface area contributed by atoms with Gasteiger partial charge in [-0.3, -0.25) is 4.79 Å². The zero-order valence-electron chi connectivity index (χ0n) is 8.59. The lowest BCUT2D eigenvalue weighted by Crippen LogP contribution is -2.54. The molecule has 8 heteroatoms. The first-order valence-electron chi connectivity index (χ1n) is 4.64. The summed E-state index contributed by atoms with van der Waals surface area (Å²) >= 11 is 0. The van der Waals surface area contributed by atoms with E-state index in [0.717, 1.165) is 4.31 Å². The predicted molar refractivity (Wildman–Crippen MR) is 54.9 cm³/mol. The Labute approximate surface area is 89.2 Å². The maximum absolute atomic E-state index is 11.5. The second-order valence-electron chi connectivity index (χ2n) is 3.56. The SMILES string of the molecule is C[C@@H](N)C(=O)N1CCN(S(N)(=O)=O)CC1. The highest BCUT2D eigenvalue weighted by Crippen LogP contribution is 2.05. The number of nitrogens with zero attached hydrogens (tertiary/aromatic N) is 2. The molecule has 1 rings (SSSR count). The molecule has 1 amide bonds. The largest absolute Gasteiger partial charge is 0.339 e. The molecular formula is C7H16N4O3S. The fourth-order valence-corrected chi connectivity index (χ4v) is 2.12. The van der Waals surface area contributed by atoms with Crippen LogP contribution in [0.15, 0.2) is 0 Å². The van der Waals surface area contributed by atoms with Crippen molar-refractivity contribution in [3.63, 3.8) is 0 Å². The molecule has 0 aromatic carbocycles. The van der Waals surface area contributed by atoms with Crippen molar-refractivity contribution >= 4 is 16.1 Å². The molecule has 88 valence electrons. The highest BCUT2D eigenvalue weighted by Gasteiger charge is 2.27. The van der Waals surface area contributed by atoms with Gasteiger partial charge in [-0.2, -0.15) is 12.7 Å². The first-order chi connectivity index (χ1) is 6.82. The Kier molecular flexibility index (Phi) is 3.66. The number of piperazine rings is 1. The lowest BCUT2D eigenvalue weighted by molar-refractivity contribution is -0.133. The second-order valence-corrected chi connectivity index (χ2v) is 5.10. The van der Waals surface area contributed by atoms with Crippen molar-refractivity contribution in [2.24, 2.45) is 10.9 Å². The lowest BCUT2D eigenvalue weighted by Gasteiger charge is -2.33. The standard InChI is InChI=1S/C7H16N4O3S/c1-6(8)7(12)10-2-4-11(5-3-10)15(9,13)14/h6H,2-5,8H2,1H3,(H2,9,13,14)/t6-/m1/s1. The van der Waals surface area contributed by atoms with Crippen LogP contribution in [0.1, 0.15) is 6.92 Å². The number of hydrogen-bond acceptors (Lipinski definition) is 4. The average Bonchev–Trinajstić information content (AvgIpc) is 2.15. The molecule has 15 heavy (non-hydrogen) atoms. The van der Waals surface area contributed by atoms with Gasteiger partial charge in [0.25, 0.3) is 10.2 Å². The summed E-state index contributed by atoms with van der Waals surface area (Å²) in [4.78, 5) is 13.0. The fraction of sp³-hybridized carbons (Fsp3) is 0.857. The van der Waals surface area contributed by atoms with E-state index in [9.17, 15) is 13.2 Å². The molecule has 7 nitrogen and oxygen atoms in total. The zero-order valence-corrected chi connectivity index (χ0v) is 9.40. The molecule has 0 aliphatic carbocycles. The van der Waals surface area contributed by atoms with Crippen LogP contribution >= 0.6 is 0 Å². The minimum absolute atomic E-state index is 0.163. The van der Waals surface area contributed by atoms with E-state index < -0.39 is 16.3 Å². The van der Waals surface area contributed by atoms with Gasteiger partial charge in [-0.15, -0.1) is 0 Å². The molecule has 0 radical (unpaired) electrons. The molecule has 1 fully saturated rings. The lowest BCUT2D eigenvalue weighted by atomic mass is 10.2. The quantitative estimate of drug-likeness (QED) is 0.561. The Morgan fingerprint density at radius 3 is 2.07 bits per heavy atom. The summed E-state index contributed by atoms with van der Waals surface area (Å²) in [6.45, 7) is 2.76. The number of carbonyl (C=O) groups excluding carboxylic acids is 1. The van der Waals surface area contributed by atoms with E-state index in [0.29, 0.717) is 13.1 Å². The van der Waals surface area contributed by atoms with Gasteiger partial charge >= 0.3 is 0 Å². The first-order valence-corrected chi connectivity index (χ1v) is 6.15. The van der Waals surface area contributed by atoms with E-state index >= 15 is 0 Å². The van der Waals surface area contributed by atoms with Gasteiger partial charge in [0.1, 0.15) is 0 Å².